The van der Waals surface area contributed by atoms with Crippen LogP contribution in [0, 0.1) is 0 Å². The number of allylic oxidation sites excluding steroid dienone is 1. The molecule has 9 heteroatoms. The molecule has 0 aromatic carbocycles. The molecule has 0 saturated carbocycles. The van der Waals surface area contributed by atoms with Gasteiger partial charge in [0.25, 0.3) is 0 Å². The van der Waals surface area contributed by atoms with Crippen LogP contribution in [0.4, 0.5) is 5.82 Å². The van der Waals surface area contributed by atoms with Gasteiger partial charge in [0, 0.05) is 19.8 Å². The van der Waals surface area contributed by atoms with Gasteiger partial charge < -0.3 is 15.4 Å². The van der Waals surface area contributed by atoms with Crippen molar-refractivity contribution in [2.24, 2.45) is 10.7 Å². The summed E-state index contributed by atoms with van der Waals surface area (Å²) in [6.07, 6.45) is 4.86. The molecule has 3 aromatic rings. The van der Waals surface area contributed by atoms with Crippen LogP contribution in [0.3, 0.4) is 0 Å². The second kappa shape index (κ2) is 7.20. The zero-order valence-electron chi connectivity index (χ0n) is 15.3. The van der Waals surface area contributed by atoms with Crippen LogP contribution in [0.1, 0.15) is 12.7 Å². The molecular formula is C18H22N8O. The van der Waals surface area contributed by atoms with Gasteiger partial charge in [0.05, 0.1) is 30.6 Å². The maximum atomic E-state index is 5.59. The Bertz CT molecular complexity index is 988. The Balaban J connectivity index is 1.95. The fourth-order valence-corrected chi connectivity index (χ4v) is 3.28. The first-order valence-corrected chi connectivity index (χ1v) is 8.82. The summed E-state index contributed by atoms with van der Waals surface area (Å²) in [6, 6.07) is 6.16. The van der Waals surface area contributed by atoms with Crippen molar-refractivity contribution in [1.82, 2.24) is 24.8 Å². The molecule has 1 fully saturated rings. The van der Waals surface area contributed by atoms with E-state index in [1.165, 1.54) is 6.20 Å². The van der Waals surface area contributed by atoms with Crippen molar-refractivity contribution in [3.63, 3.8) is 0 Å². The first-order valence-electron chi connectivity index (χ1n) is 8.82. The van der Waals surface area contributed by atoms with Crippen molar-refractivity contribution in [2.45, 2.75) is 13.0 Å². The molecule has 1 aliphatic rings. The average molecular weight is 366 g/mol. The number of hydrogen-bond acceptors (Lipinski definition) is 7. The summed E-state index contributed by atoms with van der Waals surface area (Å²) in [4.78, 5) is 11.4. The van der Waals surface area contributed by atoms with Crippen LogP contribution in [0.25, 0.3) is 16.9 Å². The molecule has 0 aliphatic carbocycles. The molecule has 1 saturated heterocycles. The predicted molar refractivity (Wildman–Crippen MR) is 104 cm³/mol. The number of ether oxygens (including phenoxy) is 1. The lowest BCUT2D eigenvalue weighted by atomic mass is 10.2. The first kappa shape index (κ1) is 17.2. The summed E-state index contributed by atoms with van der Waals surface area (Å²) in [5, 5.41) is 11.8. The van der Waals surface area contributed by atoms with Crippen molar-refractivity contribution >= 4 is 17.0 Å². The van der Waals surface area contributed by atoms with Crippen LogP contribution in [0.2, 0.25) is 0 Å². The third kappa shape index (κ3) is 3.06. The van der Waals surface area contributed by atoms with Gasteiger partial charge in [0.2, 0.25) is 0 Å². The van der Waals surface area contributed by atoms with E-state index in [2.05, 4.69) is 27.0 Å². The van der Waals surface area contributed by atoms with Crippen LogP contribution in [0.5, 0.6) is 0 Å². The van der Waals surface area contributed by atoms with Gasteiger partial charge >= 0.3 is 0 Å². The minimum atomic E-state index is 0.211. The number of H-pyrrole nitrogens is 1. The highest BCUT2D eigenvalue weighted by molar-refractivity contribution is 6.06. The average Bonchev–Trinajstić information content (AvgIpc) is 3.35. The molecule has 3 N–H and O–H groups in total. The summed E-state index contributed by atoms with van der Waals surface area (Å²) in [5.74, 6) is 1.37. The smallest absolute Gasteiger partial charge is 0.200 e. The minimum absolute atomic E-state index is 0.211. The maximum Gasteiger partial charge on any atom is 0.200 e. The monoisotopic (exact) mass is 366 g/mol. The largest absolute Gasteiger partial charge is 0.405 e. The van der Waals surface area contributed by atoms with Crippen LogP contribution in [-0.2, 0) is 4.74 Å². The molecule has 0 bridgehead atoms. The third-order valence-electron chi connectivity index (χ3n) is 4.63. The summed E-state index contributed by atoms with van der Waals surface area (Å²) >= 11 is 0. The molecule has 4 rings (SSSR count). The van der Waals surface area contributed by atoms with Crippen LogP contribution < -0.4 is 10.6 Å². The van der Waals surface area contributed by atoms with Gasteiger partial charge in [0.1, 0.15) is 11.2 Å². The fourth-order valence-electron chi connectivity index (χ4n) is 3.28. The Morgan fingerprint density at radius 1 is 1.41 bits per heavy atom. The Morgan fingerprint density at radius 3 is 3.00 bits per heavy atom. The van der Waals surface area contributed by atoms with Crippen molar-refractivity contribution in [3.8, 4) is 11.4 Å². The Kier molecular flexibility index (Phi) is 4.59. The molecule has 9 nitrogen and oxygen atoms in total. The van der Waals surface area contributed by atoms with Gasteiger partial charge in [-0.1, -0.05) is 0 Å². The van der Waals surface area contributed by atoms with E-state index in [0.29, 0.717) is 24.7 Å². The molecule has 0 amide bonds. The van der Waals surface area contributed by atoms with Gasteiger partial charge in [-0.2, -0.15) is 5.10 Å². The van der Waals surface area contributed by atoms with Crippen LogP contribution >= 0.6 is 0 Å². The van der Waals surface area contributed by atoms with E-state index in [4.69, 9.17) is 20.6 Å². The summed E-state index contributed by atoms with van der Waals surface area (Å²) < 4.78 is 7.47. The maximum absolute atomic E-state index is 5.59. The minimum Gasteiger partial charge on any atom is -0.405 e. The van der Waals surface area contributed by atoms with Gasteiger partial charge in [0.15, 0.2) is 11.6 Å². The molecule has 1 atom stereocenters. The number of rotatable bonds is 4. The van der Waals surface area contributed by atoms with Crippen molar-refractivity contribution in [2.75, 3.05) is 31.7 Å². The van der Waals surface area contributed by atoms with E-state index in [9.17, 15) is 0 Å². The summed E-state index contributed by atoms with van der Waals surface area (Å²) in [7, 11) is 1.70. The number of aliphatic imine (C=N–C) groups is 1. The highest BCUT2D eigenvalue weighted by atomic mass is 16.5. The lowest BCUT2D eigenvalue weighted by molar-refractivity contribution is 0.0986. The quantitative estimate of drug-likeness (QED) is 0.672. The van der Waals surface area contributed by atoms with E-state index in [0.717, 1.165) is 29.3 Å². The molecule has 1 aliphatic heterocycles. The number of hydrogen-bond donors (Lipinski definition) is 2. The zero-order chi connectivity index (χ0) is 18.8. The Morgan fingerprint density at radius 2 is 2.30 bits per heavy atom. The normalized spacial score (nSPS) is 18.7. The molecule has 4 heterocycles. The highest BCUT2D eigenvalue weighted by Crippen LogP contribution is 2.28. The second-order valence-corrected chi connectivity index (χ2v) is 6.33. The van der Waals surface area contributed by atoms with Gasteiger partial charge in [-0.15, -0.1) is 5.10 Å². The molecule has 140 valence electrons. The second-order valence-electron chi connectivity index (χ2n) is 6.33. The number of aromatic amines is 1. The van der Waals surface area contributed by atoms with E-state index < -0.39 is 0 Å². The summed E-state index contributed by atoms with van der Waals surface area (Å²) in [6.45, 7) is 4.23. The number of nitrogens with two attached hydrogens (primary N) is 1. The number of nitrogens with zero attached hydrogens (tertiary/aromatic N) is 6. The van der Waals surface area contributed by atoms with Crippen LogP contribution in [-0.4, -0.2) is 63.4 Å². The molecule has 3 aromatic heterocycles. The SMILES string of the molecule is CN=C(C=CN)c1nc(N2CCOCC2C)c2ccc(-c3ccn[nH]3)n2n1. The standard InChI is InChI=1S/C18H22N8O/c1-12-11-27-10-9-25(12)18-16-4-3-15(13-6-8-21-23-13)26(16)24-17(22-18)14(20-2)5-7-19/h3-8,12H,9-11,19H2,1-2H3,(H,21,23). The predicted octanol–water partition coefficient (Wildman–Crippen LogP) is 1.24. The molecule has 27 heavy (non-hydrogen) atoms. The van der Waals surface area contributed by atoms with E-state index in [1.807, 2.05) is 22.7 Å². The Labute approximate surface area is 156 Å². The molecule has 0 spiro atoms. The Hall–Kier alpha value is -3.20. The fraction of sp³-hybridized carbons (Fsp3) is 0.333. The van der Waals surface area contributed by atoms with Crippen LogP contribution in [0.15, 0.2) is 41.7 Å². The van der Waals surface area contributed by atoms with E-state index in [-0.39, 0.29) is 6.04 Å². The van der Waals surface area contributed by atoms with Gasteiger partial charge in [-0.3, -0.25) is 10.1 Å². The summed E-state index contributed by atoms with van der Waals surface area (Å²) in [5.41, 5.74) is 8.90. The zero-order valence-corrected chi connectivity index (χ0v) is 15.3. The van der Waals surface area contributed by atoms with Crippen molar-refractivity contribution in [1.29, 1.82) is 0 Å². The van der Waals surface area contributed by atoms with E-state index >= 15 is 0 Å². The molecule has 1 unspecified atom stereocenters. The van der Waals surface area contributed by atoms with Gasteiger partial charge in [-0.25, -0.2) is 9.50 Å². The number of fused-ring (bicyclic) bond motifs is 1. The van der Waals surface area contributed by atoms with Crippen molar-refractivity contribution < 1.29 is 4.74 Å². The first-order chi connectivity index (χ1) is 13.2. The highest BCUT2D eigenvalue weighted by Gasteiger charge is 2.25. The number of nitrogens with one attached hydrogen (secondary N) is 1. The third-order valence-corrected chi connectivity index (χ3v) is 4.63. The molecule has 0 radical (unpaired) electrons. The topological polar surface area (TPSA) is 110 Å². The molecular weight excluding hydrogens is 344 g/mol. The number of aromatic nitrogens is 5. The lowest BCUT2D eigenvalue weighted by Crippen LogP contribution is -2.44. The van der Waals surface area contributed by atoms with Crippen molar-refractivity contribution in [3.05, 3.63) is 42.5 Å². The number of anilines is 1. The lowest BCUT2D eigenvalue weighted by Gasteiger charge is -2.34. The van der Waals surface area contributed by atoms with Gasteiger partial charge in [-0.05, 0) is 37.4 Å². The number of morpholine rings is 1. The van der Waals surface area contributed by atoms with E-state index in [1.54, 1.807) is 19.3 Å².